The molecular weight excluding hydrogens is 266 g/mol. The summed E-state index contributed by atoms with van der Waals surface area (Å²) < 4.78 is 11.4. The lowest BCUT2D eigenvalue weighted by molar-refractivity contribution is 0.148. The number of hydrogen-bond donors (Lipinski definition) is 0. The molecule has 1 aliphatic carbocycles. The van der Waals surface area contributed by atoms with Crippen molar-refractivity contribution in [2.24, 2.45) is 5.92 Å². The minimum atomic E-state index is 0.317. The molecule has 0 bridgehead atoms. The first kappa shape index (κ1) is 14.6. The summed E-state index contributed by atoms with van der Waals surface area (Å²) in [4.78, 5) is 11.0. The predicted octanol–water partition coefficient (Wildman–Crippen LogP) is 2.66. The SMILES string of the molecule is CN(CC1CCOC1)c1cncc(OC2CCCCC2)n1. The molecule has 0 aromatic carbocycles. The second-order valence-electron chi connectivity index (χ2n) is 6.20. The molecule has 5 nitrogen and oxygen atoms in total. The second kappa shape index (κ2) is 7.07. The third-order valence-electron chi connectivity index (χ3n) is 4.39. The molecule has 1 saturated heterocycles. The number of nitrogens with zero attached hydrogens (tertiary/aromatic N) is 3. The Labute approximate surface area is 126 Å². The van der Waals surface area contributed by atoms with Gasteiger partial charge < -0.3 is 14.4 Å². The Morgan fingerprint density at radius 1 is 1.24 bits per heavy atom. The standard InChI is InChI=1S/C16H25N3O2/c1-19(11-13-7-8-20-12-13)15-9-17-10-16(18-15)21-14-5-3-2-4-6-14/h9-10,13-14H,2-8,11-12H2,1H3. The largest absolute Gasteiger partial charge is 0.473 e. The van der Waals surface area contributed by atoms with E-state index >= 15 is 0 Å². The molecule has 1 saturated carbocycles. The van der Waals surface area contributed by atoms with Crippen molar-refractivity contribution in [2.75, 3.05) is 31.7 Å². The number of ether oxygens (including phenoxy) is 2. The summed E-state index contributed by atoms with van der Waals surface area (Å²) in [7, 11) is 2.06. The molecule has 0 spiro atoms. The van der Waals surface area contributed by atoms with Crippen LogP contribution in [0.1, 0.15) is 38.5 Å². The number of hydrogen-bond acceptors (Lipinski definition) is 5. The average molecular weight is 291 g/mol. The van der Waals surface area contributed by atoms with Crippen molar-refractivity contribution in [1.82, 2.24) is 9.97 Å². The number of rotatable bonds is 5. The normalized spacial score (nSPS) is 23.2. The van der Waals surface area contributed by atoms with Gasteiger partial charge in [0.1, 0.15) is 6.10 Å². The Bertz CT molecular complexity index is 443. The Balaban J connectivity index is 1.58. The van der Waals surface area contributed by atoms with E-state index in [9.17, 15) is 0 Å². The highest BCUT2D eigenvalue weighted by Crippen LogP contribution is 2.23. The van der Waals surface area contributed by atoms with Gasteiger partial charge in [-0.15, -0.1) is 0 Å². The average Bonchev–Trinajstić information content (AvgIpc) is 3.01. The highest BCUT2D eigenvalue weighted by atomic mass is 16.5. The molecule has 5 heteroatoms. The monoisotopic (exact) mass is 291 g/mol. The van der Waals surface area contributed by atoms with E-state index < -0.39 is 0 Å². The maximum absolute atomic E-state index is 5.99. The first-order valence-corrected chi connectivity index (χ1v) is 8.09. The molecule has 3 rings (SSSR count). The van der Waals surface area contributed by atoms with Crippen LogP contribution in [0, 0.1) is 5.92 Å². The van der Waals surface area contributed by atoms with Crippen LogP contribution in [-0.4, -0.2) is 42.9 Å². The zero-order chi connectivity index (χ0) is 14.5. The summed E-state index contributed by atoms with van der Waals surface area (Å²) in [5.74, 6) is 2.14. The van der Waals surface area contributed by atoms with E-state index in [1.54, 1.807) is 6.20 Å². The smallest absolute Gasteiger partial charge is 0.234 e. The predicted molar refractivity (Wildman–Crippen MR) is 81.7 cm³/mol. The molecule has 1 aliphatic heterocycles. The van der Waals surface area contributed by atoms with Crippen molar-refractivity contribution in [3.05, 3.63) is 12.4 Å². The highest BCUT2D eigenvalue weighted by Gasteiger charge is 2.19. The lowest BCUT2D eigenvalue weighted by Gasteiger charge is -2.24. The Kier molecular flexibility index (Phi) is 4.91. The van der Waals surface area contributed by atoms with Crippen LogP contribution in [0.2, 0.25) is 0 Å². The first-order valence-electron chi connectivity index (χ1n) is 8.09. The van der Waals surface area contributed by atoms with Gasteiger partial charge in [0.05, 0.1) is 19.0 Å². The van der Waals surface area contributed by atoms with E-state index in [1.807, 2.05) is 6.20 Å². The molecule has 0 radical (unpaired) electrons. The van der Waals surface area contributed by atoms with Crippen molar-refractivity contribution in [3.8, 4) is 5.88 Å². The minimum Gasteiger partial charge on any atom is -0.473 e. The molecule has 2 aliphatic rings. The van der Waals surface area contributed by atoms with Gasteiger partial charge in [-0.25, -0.2) is 0 Å². The zero-order valence-electron chi connectivity index (χ0n) is 12.8. The first-order chi connectivity index (χ1) is 10.3. The molecule has 0 N–H and O–H groups in total. The molecule has 1 unspecified atom stereocenters. The van der Waals surface area contributed by atoms with E-state index in [4.69, 9.17) is 9.47 Å². The maximum Gasteiger partial charge on any atom is 0.234 e. The van der Waals surface area contributed by atoms with Gasteiger partial charge in [0.15, 0.2) is 5.82 Å². The fourth-order valence-corrected chi connectivity index (χ4v) is 3.14. The molecule has 1 aromatic heterocycles. The van der Waals surface area contributed by atoms with E-state index in [1.165, 1.54) is 19.3 Å². The quantitative estimate of drug-likeness (QED) is 0.834. The third kappa shape index (κ3) is 4.06. The van der Waals surface area contributed by atoms with Gasteiger partial charge in [-0.05, 0) is 32.1 Å². The van der Waals surface area contributed by atoms with Crippen molar-refractivity contribution >= 4 is 5.82 Å². The van der Waals surface area contributed by atoms with Gasteiger partial charge >= 0.3 is 0 Å². The zero-order valence-corrected chi connectivity index (χ0v) is 12.8. The highest BCUT2D eigenvalue weighted by molar-refractivity contribution is 5.36. The number of aromatic nitrogens is 2. The van der Waals surface area contributed by atoms with Crippen LogP contribution in [0.25, 0.3) is 0 Å². The fraction of sp³-hybridized carbons (Fsp3) is 0.750. The Morgan fingerprint density at radius 2 is 2.10 bits per heavy atom. The van der Waals surface area contributed by atoms with Gasteiger partial charge in [0, 0.05) is 26.1 Å². The van der Waals surface area contributed by atoms with E-state index in [0.29, 0.717) is 17.9 Å². The van der Waals surface area contributed by atoms with Crippen molar-refractivity contribution in [3.63, 3.8) is 0 Å². The molecule has 0 amide bonds. The van der Waals surface area contributed by atoms with Crippen LogP contribution in [0.15, 0.2) is 12.4 Å². The van der Waals surface area contributed by atoms with Gasteiger partial charge in [0.25, 0.3) is 0 Å². The maximum atomic E-state index is 5.99. The van der Waals surface area contributed by atoms with Gasteiger partial charge in [-0.1, -0.05) is 6.42 Å². The van der Waals surface area contributed by atoms with Gasteiger partial charge in [-0.2, -0.15) is 4.98 Å². The lowest BCUT2D eigenvalue weighted by Crippen LogP contribution is -2.27. The summed E-state index contributed by atoms with van der Waals surface area (Å²) >= 11 is 0. The fourth-order valence-electron chi connectivity index (χ4n) is 3.14. The second-order valence-corrected chi connectivity index (χ2v) is 6.20. The van der Waals surface area contributed by atoms with Crippen molar-refractivity contribution in [2.45, 2.75) is 44.6 Å². The van der Waals surface area contributed by atoms with Crippen LogP contribution in [0.5, 0.6) is 5.88 Å². The molecule has 2 fully saturated rings. The summed E-state index contributed by atoms with van der Waals surface area (Å²) in [5, 5.41) is 0. The Hall–Kier alpha value is -1.36. The van der Waals surface area contributed by atoms with Crippen LogP contribution < -0.4 is 9.64 Å². The molecule has 1 aromatic rings. The molecule has 2 heterocycles. The lowest BCUT2D eigenvalue weighted by atomic mass is 9.98. The van der Waals surface area contributed by atoms with Crippen LogP contribution in [0.4, 0.5) is 5.82 Å². The summed E-state index contributed by atoms with van der Waals surface area (Å²) in [6.45, 7) is 2.70. The van der Waals surface area contributed by atoms with Gasteiger partial charge in [0.2, 0.25) is 5.88 Å². The van der Waals surface area contributed by atoms with E-state index in [2.05, 4.69) is 21.9 Å². The minimum absolute atomic E-state index is 0.317. The molecular formula is C16H25N3O2. The van der Waals surface area contributed by atoms with Crippen LogP contribution in [0.3, 0.4) is 0 Å². The Morgan fingerprint density at radius 3 is 2.86 bits per heavy atom. The molecule has 21 heavy (non-hydrogen) atoms. The van der Waals surface area contributed by atoms with Gasteiger partial charge in [-0.3, -0.25) is 4.98 Å². The summed E-state index contributed by atoms with van der Waals surface area (Å²) in [5.41, 5.74) is 0. The van der Waals surface area contributed by atoms with Crippen molar-refractivity contribution < 1.29 is 9.47 Å². The van der Waals surface area contributed by atoms with Crippen LogP contribution >= 0.6 is 0 Å². The van der Waals surface area contributed by atoms with Crippen molar-refractivity contribution in [1.29, 1.82) is 0 Å². The molecule has 116 valence electrons. The van der Waals surface area contributed by atoms with Crippen LogP contribution in [-0.2, 0) is 4.74 Å². The summed E-state index contributed by atoms with van der Waals surface area (Å²) in [6, 6.07) is 0. The molecule has 1 atom stereocenters. The number of anilines is 1. The van der Waals surface area contributed by atoms with E-state index in [0.717, 1.165) is 44.8 Å². The third-order valence-corrected chi connectivity index (χ3v) is 4.39. The topological polar surface area (TPSA) is 47.5 Å². The summed E-state index contributed by atoms with van der Waals surface area (Å²) in [6.07, 6.45) is 11.1. The van der Waals surface area contributed by atoms with E-state index in [-0.39, 0.29) is 0 Å².